The number of nitrogens with zero attached hydrogens (tertiary/aromatic N) is 4. The Balaban J connectivity index is 1.86. The van der Waals surface area contributed by atoms with Crippen molar-refractivity contribution >= 4 is 26.0 Å². The second-order valence-corrected chi connectivity index (χ2v) is 7.89. The first-order valence-electron chi connectivity index (χ1n) is 6.52. The molecule has 1 unspecified atom stereocenters. The molecule has 1 saturated heterocycles. The van der Waals surface area contributed by atoms with Gasteiger partial charge in [-0.3, -0.25) is 4.68 Å². The lowest BCUT2D eigenvalue weighted by Crippen LogP contribution is -2.30. The van der Waals surface area contributed by atoms with Crippen molar-refractivity contribution < 1.29 is 12.9 Å². The van der Waals surface area contributed by atoms with Crippen molar-refractivity contribution in [3.8, 4) is 0 Å². The SMILES string of the molecule is Cc1noc(C)c1S(=O)(=O)N1CCC(n2cc(Br)cn2)C1. The minimum Gasteiger partial charge on any atom is -0.360 e. The van der Waals surface area contributed by atoms with Gasteiger partial charge in [0.05, 0.1) is 16.7 Å². The third kappa shape index (κ3) is 2.53. The van der Waals surface area contributed by atoms with Crippen LogP contribution in [0.1, 0.15) is 23.9 Å². The fourth-order valence-corrected chi connectivity index (χ4v) is 4.72. The first-order valence-corrected chi connectivity index (χ1v) is 8.75. The van der Waals surface area contributed by atoms with Crippen molar-refractivity contribution in [3.05, 3.63) is 28.3 Å². The van der Waals surface area contributed by atoms with Crippen molar-refractivity contribution in [2.24, 2.45) is 0 Å². The number of hydrogen-bond donors (Lipinski definition) is 0. The lowest BCUT2D eigenvalue weighted by Gasteiger charge is -2.16. The topological polar surface area (TPSA) is 81.2 Å². The van der Waals surface area contributed by atoms with Crippen molar-refractivity contribution in [3.63, 3.8) is 0 Å². The summed E-state index contributed by atoms with van der Waals surface area (Å²) >= 11 is 3.35. The Morgan fingerprint density at radius 1 is 1.43 bits per heavy atom. The number of sulfonamides is 1. The monoisotopic (exact) mass is 374 g/mol. The number of rotatable bonds is 3. The zero-order chi connectivity index (χ0) is 15.2. The van der Waals surface area contributed by atoms with Crippen LogP contribution in [0.4, 0.5) is 0 Å². The van der Waals surface area contributed by atoms with Gasteiger partial charge in [-0.25, -0.2) is 8.42 Å². The second kappa shape index (κ2) is 5.22. The molecule has 3 rings (SSSR count). The summed E-state index contributed by atoms with van der Waals surface area (Å²) in [5.74, 6) is 0.331. The number of aromatic nitrogens is 3. The molecule has 3 heterocycles. The first kappa shape index (κ1) is 14.7. The van der Waals surface area contributed by atoms with Gasteiger partial charge in [-0.05, 0) is 36.2 Å². The van der Waals surface area contributed by atoms with Crippen LogP contribution in [0.25, 0.3) is 0 Å². The van der Waals surface area contributed by atoms with E-state index >= 15 is 0 Å². The molecule has 0 aromatic carbocycles. The van der Waals surface area contributed by atoms with E-state index in [1.54, 1.807) is 24.7 Å². The van der Waals surface area contributed by atoms with Gasteiger partial charge in [0.2, 0.25) is 10.0 Å². The van der Waals surface area contributed by atoms with Crippen LogP contribution >= 0.6 is 15.9 Å². The van der Waals surface area contributed by atoms with Crippen LogP contribution in [0, 0.1) is 13.8 Å². The van der Waals surface area contributed by atoms with Crippen molar-refractivity contribution in [1.29, 1.82) is 0 Å². The molecule has 0 radical (unpaired) electrons. The van der Waals surface area contributed by atoms with Gasteiger partial charge in [-0.2, -0.15) is 9.40 Å². The lowest BCUT2D eigenvalue weighted by molar-refractivity contribution is 0.389. The zero-order valence-electron chi connectivity index (χ0n) is 11.7. The molecule has 9 heteroatoms. The van der Waals surface area contributed by atoms with Crippen LogP contribution in [0.5, 0.6) is 0 Å². The number of aryl methyl sites for hydroxylation is 2. The molecule has 2 aromatic heterocycles. The molecule has 114 valence electrons. The zero-order valence-corrected chi connectivity index (χ0v) is 14.1. The van der Waals surface area contributed by atoms with E-state index in [4.69, 9.17) is 4.52 Å². The van der Waals surface area contributed by atoms with E-state index in [9.17, 15) is 8.42 Å². The second-order valence-electron chi connectivity index (χ2n) is 5.10. The highest BCUT2D eigenvalue weighted by atomic mass is 79.9. The first-order chi connectivity index (χ1) is 9.89. The highest BCUT2D eigenvalue weighted by molar-refractivity contribution is 9.10. The summed E-state index contributed by atoms with van der Waals surface area (Å²) in [6.07, 6.45) is 4.29. The molecule has 0 amide bonds. The Hall–Kier alpha value is -1.19. The summed E-state index contributed by atoms with van der Waals surface area (Å²) in [5, 5.41) is 7.96. The van der Waals surface area contributed by atoms with Gasteiger partial charge in [0.1, 0.15) is 10.6 Å². The van der Waals surface area contributed by atoms with Crippen molar-refractivity contribution in [2.75, 3.05) is 13.1 Å². The van der Waals surface area contributed by atoms with Crippen LogP contribution in [0.3, 0.4) is 0 Å². The summed E-state index contributed by atoms with van der Waals surface area (Å²) in [4.78, 5) is 0.185. The van der Waals surface area contributed by atoms with Gasteiger partial charge in [-0.1, -0.05) is 5.16 Å². The average Bonchev–Trinajstić information content (AvgIpc) is 3.09. The van der Waals surface area contributed by atoms with Gasteiger partial charge in [0, 0.05) is 19.3 Å². The fraction of sp³-hybridized carbons (Fsp3) is 0.500. The van der Waals surface area contributed by atoms with E-state index < -0.39 is 10.0 Å². The predicted molar refractivity (Wildman–Crippen MR) is 78.3 cm³/mol. The third-order valence-corrected chi connectivity index (χ3v) is 6.16. The molecule has 0 N–H and O–H groups in total. The quantitative estimate of drug-likeness (QED) is 0.818. The van der Waals surface area contributed by atoms with E-state index in [1.165, 1.54) is 4.31 Å². The Morgan fingerprint density at radius 3 is 2.76 bits per heavy atom. The van der Waals surface area contributed by atoms with E-state index in [0.29, 0.717) is 24.5 Å². The van der Waals surface area contributed by atoms with Gasteiger partial charge >= 0.3 is 0 Å². The van der Waals surface area contributed by atoms with Gasteiger partial charge in [0.25, 0.3) is 0 Å². The van der Waals surface area contributed by atoms with Crippen LogP contribution < -0.4 is 0 Å². The predicted octanol–water partition coefficient (Wildman–Crippen LogP) is 1.89. The summed E-state index contributed by atoms with van der Waals surface area (Å²) in [7, 11) is -3.57. The Labute approximate surface area is 131 Å². The normalized spacial score (nSPS) is 20.2. The minimum atomic E-state index is -3.57. The minimum absolute atomic E-state index is 0.0477. The molecule has 21 heavy (non-hydrogen) atoms. The maximum absolute atomic E-state index is 12.7. The van der Waals surface area contributed by atoms with E-state index in [-0.39, 0.29) is 10.9 Å². The van der Waals surface area contributed by atoms with E-state index in [1.807, 2.05) is 6.20 Å². The Bertz CT molecular complexity index is 748. The summed E-state index contributed by atoms with van der Waals surface area (Å²) < 4.78 is 34.5. The molecule has 1 aliphatic rings. The molecule has 1 atom stereocenters. The maximum Gasteiger partial charge on any atom is 0.248 e. The average molecular weight is 375 g/mol. The van der Waals surface area contributed by atoms with Crippen molar-refractivity contribution in [1.82, 2.24) is 19.2 Å². The van der Waals surface area contributed by atoms with Crippen LogP contribution in [0.15, 0.2) is 26.3 Å². The summed E-state index contributed by atoms with van der Waals surface area (Å²) in [5.41, 5.74) is 0.401. The van der Waals surface area contributed by atoms with Crippen LogP contribution in [0.2, 0.25) is 0 Å². The van der Waals surface area contributed by atoms with Crippen molar-refractivity contribution in [2.45, 2.75) is 31.2 Å². The molecule has 0 spiro atoms. The molecule has 2 aromatic rings. The molecule has 1 fully saturated rings. The fourth-order valence-electron chi connectivity index (χ4n) is 2.63. The molecular weight excluding hydrogens is 360 g/mol. The summed E-state index contributed by atoms with van der Waals surface area (Å²) in [6, 6.07) is 0.0477. The van der Waals surface area contributed by atoms with E-state index in [0.717, 1.165) is 10.9 Å². The number of halogens is 1. The smallest absolute Gasteiger partial charge is 0.248 e. The van der Waals surface area contributed by atoms with E-state index in [2.05, 4.69) is 26.2 Å². The highest BCUT2D eigenvalue weighted by Crippen LogP contribution is 2.30. The van der Waals surface area contributed by atoms with Gasteiger partial charge in [-0.15, -0.1) is 0 Å². The molecular formula is C12H15BrN4O3S. The molecule has 0 aliphatic carbocycles. The third-order valence-electron chi connectivity index (χ3n) is 3.64. The molecule has 7 nitrogen and oxygen atoms in total. The largest absolute Gasteiger partial charge is 0.360 e. The number of hydrogen-bond acceptors (Lipinski definition) is 5. The summed E-state index contributed by atoms with van der Waals surface area (Å²) in [6.45, 7) is 4.13. The lowest BCUT2D eigenvalue weighted by atomic mass is 10.3. The Morgan fingerprint density at radius 2 is 2.19 bits per heavy atom. The molecule has 0 saturated carbocycles. The van der Waals surface area contributed by atoms with Crippen LogP contribution in [-0.2, 0) is 10.0 Å². The Kier molecular flexibility index (Phi) is 3.66. The van der Waals surface area contributed by atoms with Gasteiger partial charge in [0.15, 0.2) is 5.76 Å². The molecule has 1 aliphatic heterocycles. The van der Waals surface area contributed by atoms with Crippen LogP contribution in [-0.4, -0.2) is 40.7 Å². The van der Waals surface area contributed by atoms with Gasteiger partial charge < -0.3 is 4.52 Å². The molecule has 0 bridgehead atoms. The maximum atomic E-state index is 12.7. The standard InChI is InChI=1S/C12H15BrN4O3S/c1-8-12(9(2)20-15-8)21(18,19)16-4-3-11(7-16)17-6-10(13)5-14-17/h5-6,11H,3-4,7H2,1-2H3. The highest BCUT2D eigenvalue weighted by Gasteiger charge is 2.37.